The number of aromatic nitrogens is 2. The van der Waals surface area contributed by atoms with Gasteiger partial charge in [-0.15, -0.1) is 0 Å². The van der Waals surface area contributed by atoms with Gasteiger partial charge in [0.25, 0.3) is 0 Å². The zero-order valence-corrected chi connectivity index (χ0v) is 14.5. The average molecular weight is 334 g/mol. The second-order valence-electron chi connectivity index (χ2n) is 5.15. The molecule has 2 aromatic rings. The van der Waals surface area contributed by atoms with Gasteiger partial charge in [0.05, 0.1) is 19.6 Å². The van der Waals surface area contributed by atoms with Crippen molar-refractivity contribution in [1.29, 1.82) is 0 Å². The highest BCUT2D eigenvalue weighted by Crippen LogP contribution is 2.31. The van der Waals surface area contributed by atoms with Crippen molar-refractivity contribution in [2.75, 3.05) is 19.1 Å². The van der Waals surface area contributed by atoms with E-state index in [1.54, 1.807) is 29.8 Å². The van der Waals surface area contributed by atoms with Gasteiger partial charge in [-0.1, -0.05) is 12.1 Å². The van der Waals surface area contributed by atoms with E-state index in [1.165, 1.54) is 0 Å². The van der Waals surface area contributed by atoms with Crippen molar-refractivity contribution < 1.29 is 14.3 Å². The standard InChI is InChI=1S/C17H22N2O3S/c1-13(19-11-4-10-18-19)17(22-16(20)9-12-23-3)14-5-7-15(21-2)8-6-14/h4-8,10-11,13,17H,9,12H2,1-3H3/t13-,17-/m0/s1. The first kappa shape index (κ1) is 17.4. The lowest BCUT2D eigenvalue weighted by Gasteiger charge is -2.25. The Hall–Kier alpha value is -1.95. The predicted molar refractivity (Wildman–Crippen MR) is 91.8 cm³/mol. The second-order valence-corrected chi connectivity index (χ2v) is 6.14. The van der Waals surface area contributed by atoms with E-state index in [9.17, 15) is 4.79 Å². The van der Waals surface area contributed by atoms with E-state index in [4.69, 9.17) is 9.47 Å². The Balaban J connectivity index is 2.20. The summed E-state index contributed by atoms with van der Waals surface area (Å²) < 4.78 is 12.7. The van der Waals surface area contributed by atoms with E-state index >= 15 is 0 Å². The molecule has 0 saturated carbocycles. The molecular formula is C17H22N2O3S. The van der Waals surface area contributed by atoms with E-state index in [-0.39, 0.29) is 12.0 Å². The normalized spacial score (nSPS) is 13.3. The molecule has 23 heavy (non-hydrogen) atoms. The molecule has 0 N–H and O–H groups in total. The number of hydrogen-bond acceptors (Lipinski definition) is 5. The van der Waals surface area contributed by atoms with Gasteiger partial charge >= 0.3 is 5.97 Å². The third-order valence-corrected chi connectivity index (χ3v) is 4.21. The van der Waals surface area contributed by atoms with Crippen LogP contribution in [-0.2, 0) is 9.53 Å². The number of thioether (sulfide) groups is 1. The largest absolute Gasteiger partial charge is 0.497 e. The van der Waals surface area contributed by atoms with Crippen molar-refractivity contribution in [2.45, 2.75) is 25.5 Å². The summed E-state index contributed by atoms with van der Waals surface area (Å²) in [6.07, 6.45) is 5.57. The number of carbonyl (C=O) groups excluding carboxylic acids is 1. The van der Waals surface area contributed by atoms with Gasteiger partial charge in [-0.2, -0.15) is 16.9 Å². The summed E-state index contributed by atoms with van der Waals surface area (Å²) in [5.74, 6) is 1.33. The summed E-state index contributed by atoms with van der Waals surface area (Å²) >= 11 is 1.63. The van der Waals surface area contributed by atoms with Gasteiger partial charge in [-0.25, -0.2) is 0 Å². The van der Waals surface area contributed by atoms with Crippen molar-refractivity contribution >= 4 is 17.7 Å². The lowest BCUT2D eigenvalue weighted by Crippen LogP contribution is -2.21. The van der Waals surface area contributed by atoms with Crippen LogP contribution in [0.4, 0.5) is 0 Å². The topological polar surface area (TPSA) is 53.4 Å². The number of rotatable bonds is 8. The Morgan fingerprint density at radius 3 is 2.65 bits per heavy atom. The lowest BCUT2D eigenvalue weighted by atomic mass is 10.0. The Morgan fingerprint density at radius 2 is 2.09 bits per heavy atom. The lowest BCUT2D eigenvalue weighted by molar-refractivity contribution is -0.151. The maximum atomic E-state index is 12.1. The molecule has 124 valence electrons. The number of esters is 1. The van der Waals surface area contributed by atoms with Crippen LogP contribution in [0.25, 0.3) is 0 Å². The Bertz CT molecular complexity index is 599. The van der Waals surface area contributed by atoms with Gasteiger partial charge in [0.15, 0.2) is 0 Å². The zero-order valence-electron chi connectivity index (χ0n) is 13.6. The van der Waals surface area contributed by atoms with Gasteiger partial charge in [-0.05, 0) is 36.9 Å². The Kier molecular flexibility index (Phi) is 6.52. The number of nitrogens with zero attached hydrogens (tertiary/aromatic N) is 2. The van der Waals surface area contributed by atoms with E-state index in [2.05, 4.69) is 5.10 Å². The van der Waals surface area contributed by atoms with Crippen LogP contribution < -0.4 is 4.74 Å². The van der Waals surface area contributed by atoms with Gasteiger partial charge < -0.3 is 9.47 Å². The predicted octanol–water partition coefficient (Wildman–Crippen LogP) is 3.49. The van der Waals surface area contributed by atoms with Crippen LogP contribution in [0, 0.1) is 0 Å². The molecule has 0 fully saturated rings. The molecule has 0 spiro atoms. The molecule has 0 bridgehead atoms. The van der Waals surface area contributed by atoms with E-state index < -0.39 is 6.10 Å². The maximum absolute atomic E-state index is 12.1. The van der Waals surface area contributed by atoms with Crippen molar-refractivity contribution in [3.05, 3.63) is 48.3 Å². The Labute approximate surface area is 141 Å². The molecular weight excluding hydrogens is 312 g/mol. The van der Waals surface area contributed by atoms with Gasteiger partial charge in [-0.3, -0.25) is 9.48 Å². The van der Waals surface area contributed by atoms with Crippen molar-refractivity contribution in [2.24, 2.45) is 0 Å². The summed E-state index contributed by atoms with van der Waals surface area (Å²) in [4.78, 5) is 12.1. The maximum Gasteiger partial charge on any atom is 0.307 e. The molecule has 0 unspecified atom stereocenters. The van der Waals surface area contributed by atoms with Gasteiger partial charge in [0.2, 0.25) is 0 Å². The molecule has 1 aromatic heterocycles. The second kappa shape index (κ2) is 8.62. The number of benzene rings is 1. The fourth-order valence-corrected chi connectivity index (χ4v) is 2.66. The molecule has 0 aliphatic rings. The number of ether oxygens (including phenoxy) is 2. The van der Waals surface area contributed by atoms with Crippen LogP contribution in [0.15, 0.2) is 42.7 Å². The zero-order chi connectivity index (χ0) is 16.7. The summed E-state index contributed by atoms with van der Waals surface area (Å²) in [5.41, 5.74) is 0.923. The summed E-state index contributed by atoms with van der Waals surface area (Å²) in [6, 6.07) is 9.34. The monoisotopic (exact) mass is 334 g/mol. The molecule has 0 aliphatic heterocycles. The van der Waals surface area contributed by atoms with Crippen LogP contribution in [0.3, 0.4) is 0 Å². The smallest absolute Gasteiger partial charge is 0.307 e. The first-order valence-corrected chi connectivity index (χ1v) is 8.86. The van der Waals surface area contributed by atoms with Crippen LogP contribution in [0.2, 0.25) is 0 Å². The first-order valence-electron chi connectivity index (χ1n) is 7.47. The molecule has 0 amide bonds. The molecule has 2 rings (SSSR count). The summed E-state index contributed by atoms with van der Waals surface area (Å²) in [7, 11) is 1.63. The summed E-state index contributed by atoms with van der Waals surface area (Å²) in [5, 5.41) is 4.26. The summed E-state index contributed by atoms with van der Waals surface area (Å²) in [6.45, 7) is 1.99. The quantitative estimate of drug-likeness (QED) is 0.692. The van der Waals surface area contributed by atoms with Gasteiger partial charge in [0, 0.05) is 18.1 Å². The first-order chi connectivity index (χ1) is 11.2. The minimum Gasteiger partial charge on any atom is -0.497 e. The molecule has 1 heterocycles. The molecule has 0 aliphatic carbocycles. The molecule has 1 aromatic carbocycles. The molecule has 0 radical (unpaired) electrons. The fourth-order valence-electron chi connectivity index (χ4n) is 2.28. The third kappa shape index (κ3) is 4.76. The minimum atomic E-state index is -0.393. The number of methoxy groups -OCH3 is 1. The van der Waals surface area contributed by atoms with E-state index in [1.807, 2.05) is 49.7 Å². The highest BCUT2D eigenvalue weighted by atomic mass is 32.2. The van der Waals surface area contributed by atoms with E-state index in [0.29, 0.717) is 6.42 Å². The Morgan fingerprint density at radius 1 is 1.35 bits per heavy atom. The average Bonchev–Trinajstić information content (AvgIpc) is 3.12. The van der Waals surface area contributed by atoms with Crippen LogP contribution in [0.5, 0.6) is 5.75 Å². The van der Waals surface area contributed by atoms with Crippen molar-refractivity contribution in [3.63, 3.8) is 0 Å². The SMILES string of the molecule is COc1ccc([C@@H](OC(=O)CCSC)[C@H](C)n2cccn2)cc1. The number of hydrogen-bond donors (Lipinski definition) is 0. The fraction of sp³-hybridized carbons (Fsp3) is 0.412. The molecule has 0 saturated heterocycles. The highest BCUT2D eigenvalue weighted by molar-refractivity contribution is 7.98. The van der Waals surface area contributed by atoms with Crippen molar-refractivity contribution in [3.8, 4) is 5.75 Å². The molecule has 5 nitrogen and oxygen atoms in total. The van der Waals surface area contributed by atoms with Gasteiger partial charge in [0.1, 0.15) is 11.9 Å². The molecule has 2 atom stereocenters. The van der Waals surface area contributed by atoms with E-state index in [0.717, 1.165) is 17.1 Å². The van der Waals surface area contributed by atoms with Crippen LogP contribution in [-0.4, -0.2) is 34.9 Å². The third-order valence-electron chi connectivity index (χ3n) is 3.59. The molecule has 6 heteroatoms. The minimum absolute atomic E-state index is 0.100. The van der Waals surface area contributed by atoms with Crippen LogP contribution >= 0.6 is 11.8 Å². The van der Waals surface area contributed by atoms with Crippen molar-refractivity contribution in [1.82, 2.24) is 9.78 Å². The highest BCUT2D eigenvalue weighted by Gasteiger charge is 2.25. The van der Waals surface area contributed by atoms with Crippen LogP contribution in [0.1, 0.15) is 31.1 Å². The number of carbonyl (C=O) groups is 1.